The summed E-state index contributed by atoms with van der Waals surface area (Å²) < 4.78 is 2.78. The number of halogens is 1. The van der Waals surface area contributed by atoms with E-state index in [1.165, 1.54) is 0 Å². The van der Waals surface area contributed by atoms with Gasteiger partial charge in [-0.25, -0.2) is 9.67 Å². The molecule has 0 aromatic carbocycles. The average molecular weight is 300 g/mol. The van der Waals surface area contributed by atoms with Gasteiger partial charge in [-0.15, -0.1) is 0 Å². The predicted molar refractivity (Wildman–Crippen MR) is 63.2 cm³/mol. The highest BCUT2D eigenvalue weighted by molar-refractivity contribution is 14.1. The van der Waals surface area contributed by atoms with Crippen LogP contribution in [0.2, 0.25) is 0 Å². The monoisotopic (exact) mass is 300 g/mol. The number of aromatic nitrogens is 3. The van der Waals surface area contributed by atoms with Crippen molar-refractivity contribution < 1.29 is 0 Å². The smallest absolute Gasteiger partial charge is 0.155 e. The quantitative estimate of drug-likeness (QED) is 0.817. The van der Waals surface area contributed by atoms with Gasteiger partial charge in [-0.1, -0.05) is 0 Å². The minimum atomic E-state index is 0.737. The molecule has 2 heterocycles. The lowest BCUT2D eigenvalue weighted by Gasteiger charge is -2.03. The van der Waals surface area contributed by atoms with E-state index in [-0.39, 0.29) is 0 Å². The Kier molecular flexibility index (Phi) is 2.40. The molecule has 0 aliphatic carbocycles. The van der Waals surface area contributed by atoms with E-state index >= 15 is 0 Å². The highest BCUT2D eigenvalue weighted by Gasteiger charge is 2.02. The number of nitrogens with two attached hydrogens (primary N) is 1. The third-order valence-corrected chi connectivity index (χ3v) is 2.47. The lowest BCUT2D eigenvalue weighted by Crippen LogP contribution is -2.00. The van der Waals surface area contributed by atoms with Gasteiger partial charge in [0, 0.05) is 24.1 Å². The summed E-state index contributed by atoms with van der Waals surface area (Å²) in [6, 6.07) is 1.82. The van der Waals surface area contributed by atoms with Gasteiger partial charge in [0.1, 0.15) is 0 Å². The number of aryl methyl sites for hydroxylation is 1. The normalized spacial score (nSPS) is 10.4. The van der Waals surface area contributed by atoms with Crippen molar-refractivity contribution in [1.82, 2.24) is 14.8 Å². The molecule has 14 heavy (non-hydrogen) atoms. The molecule has 0 bridgehead atoms. The summed E-state index contributed by atoms with van der Waals surface area (Å²) >= 11 is 2.20. The van der Waals surface area contributed by atoms with Crippen molar-refractivity contribution in [2.75, 3.05) is 5.73 Å². The van der Waals surface area contributed by atoms with Crippen LogP contribution >= 0.6 is 22.6 Å². The highest BCUT2D eigenvalue weighted by atomic mass is 127. The molecule has 72 valence electrons. The Bertz CT molecular complexity index is 464. The highest BCUT2D eigenvalue weighted by Crippen LogP contribution is 2.13. The van der Waals surface area contributed by atoms with E-state index in [2.05, 4.69) is 32.7 Å². The Hall–Kier alpha value is -1.11. The fraction of sp³-hybridized carbons (Fsp3) is 0.111. The molecule has 0 unspecified atom stereocenters. The van der Waals surface area contributed by atoms with E-state index < -0.39 is 0 Å². The molecule has 0 amide bonds. The van der Waals surface area contributed by atoms with Crippen molar-refractivity contribution >= 4 is 28.3 Å². The van der Waals surface area contributed by atoms with Crippen molar-refractivity contribution in [2.24, 2.45) is 0 Å². The number of hydrogen-bond acceptors (Lipinski definition) is 3. The van der Waals surface area contributed by atoms with E-state index in [1.807, 2.05) is 19.2 Å². The minimum absolute atomic E-state index is 0.737. The van der Waals surface area contributed by atoms with Crippen LogP contribution in [0.15, 0.2) is 24.7 Å². The summed E-state index contributed by atoms with van der Waals surface area (Å²) in [7, 11) is 0. The summed E-state index contributed by atoms with van der Waals surface area (Å²) in [5, 5.41) is 4.15. The van der Waals surface area contributed by atoms with Crippen molar-refractivity contribution in [1.29, 1.82) is 0 Å². The Morgan fingerprint density at radius 3 is 2.79 bits per heavy atom. The molecule has 5 heteroatoms. The topological polar surface area (TPSA) is 56.7 Å². The van der Waals surface area contributed by atoms with Crippen molar-refractivity contribution in [2.45, 2.75) is 6.92 Å². The molecule has 2 rings (SSSR count). The zero-order chi connectivity index (χ0) is 10.1. The van der Waals surface area contributed by atoms with E-state index in [9.17, 15) is 0 Å². The van der Waals surface area contributed by atoms with Crippen LogP contribution in [0.5, 0.6) is 0 Å². The summed E-state index contributed by atoms with van der Waals surface area (Å²) in [5.74, 6) is 0.746. The number of anilines is 1. The lowest BCUT2D eigenvalue weighted by molar-refractivity contribution is 0.846. The fourth-order valence-corrected chi connectivity index (χ4v) is 1.47. The Labute approximate surface area is 95.3 Å². The van der Waals surface area contributed by atoms with Crippen LogP contribution in [0.1, 0.15) is 5.56 Å². The van der Waals surface area contributed by atoms with Gasteiger partial charge in [0.2, 0.25) is 0 Å². The Morgan fingerprint density at radius 2 is 2.21 bits per heavy atom. The third kappa shape index (κ3) is 1.72. The molecule has 0 radical (unpaired) electrons. The van der Waals surface area contributed by atoms with Gasteiger partial charge in [0.05, 0.1) is 9.77 Å². The fourth-order valence-electron chi connectivity index (χ4n) is 1.08. The second-order valence-corrected chi connectivity index (χ2v) is 4.25. The number of nitrogen functional groups attached to an aromatic ring is 1. The zero-order valence-electron chi connectivity index (χ0n) is 7.61. The van der Waals surface area contributed by atoms with E-state index in [0.29, 0.717) is 0 Å². The van der Waals surface area contributed by atoms with Gasteiger partial charge in [0.25, 0.3) is 0 Å². The van der Waals surface area contributed by atoms with Crippen LogP contribution < -0.4 is 5.73 Å². The molecule has 2 N–H and O–H groups in total. The van der Waals surface area contributed by atoms with Crippen molar-refractivity contribution in [3.63, 3.8) is 0 Å². The summed E-state index contributed by atoms with van der Waals surface area (Å²) in [6.07, 6.45) is 5.43. The Morgan fingerprint density at radius 1 is 1.43 bits per heavy atom. The largest absolute Gasteiger partial charge is 0.398 e. The lowest BCUT2D eigenvalue weighted by atomic mass is 10.2. The van der Waals surface area contributed by atoms with Crippen molar-refractivity contribution in [3.05, 3.63) is 33.8 Å². The third-order valence-electron chi connectivity index (χ3n) is 1.92. The first-order chi connectivity index (χ1) is 6.66. The van der Waals surface area contributed by atoms with E-state index in [1.54, 1.807) is 17.1 Å². The van der Waals surface area contributed by atoms with Gasteiger partial charge in [0.15, 0.2) is 5.82 Å². The second kappa shape index (κ2) is 3.56. The predicted octanol–water partition coefficient (Wildman–Crippen LogP) is 1.76. The van der Waals surface area contributed by atoms with Crippen LogP contribution in [-0.2, 0) is 0 Å². The summed E-state index contributed by atoms with van der Waals surface area (Å²) in [5.41, 5.74) is 7.50. The van der Waals surface area contributed by atoms with Gasteiger partial charge in [-0.05, 0) is 35.1 Å². The van der Waals surface area contributed by atoms with Gasteiger partial charge >= 0.3 is 0 Å². The number of rotatable bonds is 1. The molecule has 2 aromatic heterocycles. The van der Waals surface area contributed by atoms with Crippen LogP contribution in [-0.4, -0.2) is 14.8 Å². The maximum absolute atomic E-state index is 5.78. The number of pyridine rings is 1. The molecule has 0 atom stereocenters. The average Bonchev–Trinajstić information content (AvgIpc) is 2.57. The van der Waals surface area contributed by atoms with Gasteiger partial charge in [-0.3, -0.25) is 0 Å². The first-order valence-corrected chi connectivity index (χ1v) is 5.17. The first kappa shape index (κ1) is 9.45. The zero-order valence-corrected chi connectivity index (χ0v) is 9.76. The molecule has 0 saturated carbocycles. The number of nitrogens with zero attached hydrogens (tertiary/aromatic N) is 3. The second-order valence-electron chi connectivity index (χ2n) is 3.00. The van der Waals surface area contributed by atoms with Crippen LogP contribution in [0.25, 0.3) is 5.82 Å². The van der Waals surface area contributed by atoms with E-state index in [4.69, 9.17) is 5.73 Å². The van der Waals surface area contributed by atoms with E-state index in [0.717, 1.165) is 20.6 Å². The first-order valence-electron chi connectivity index (χ1n) is 4.09. The SMILES string of the molecule is Cc1cnc(-n2cc(I)cn2)cc1N. The molecule has 0 saturated heterocycles. The standard InChI is InChI=1S/C9H9IN4/c1-6-3-12-9(2-8(6)11)14-5-7(10)4-13-14/h2-5H,1H3,(H2,11,12). The molecular formula is C9H9IN4. The summed E-state index contributed by atoms with van der Waals surface area (Å²) in [4.78, 5) is 4.24. The maximum Gasteiger partial charge on any atom is 0.155 e. The van der Waals surface area contributed by atoms with Crippen LogP contribution in [0.3, 0.4) is 0 Å². The van der Waals surface area contributed by atoms with Crippen molar-refractivity contribution in [3.8, 4) is 5.82 Å². The minimum Gasteiger partial charge on any atom is -0.398 e. The Balaban J connectivity index is 2.47. The molecule has 2 aromatic rings. The molecular weight excluding hydrogens is 291 g/mol. The molecule has 0 fully saturated rings. The molecule has 0 aliphatic heterocycles. The van der Waals surface area contributed by atoms with Gasteiger partial charge < -0.3 is 5.73 Å². The van der Waals surface area contributed by atoms with Crippen LogP contribution in [0, 0.1) is 10.5 Å². The van der Waals surface area contributed by atoms with Gasteiger partial charge in [-0.2, -0.15) is 5.10 Å². The molecule has 0 spiro atoms. The maximum atomic E-state index is 5.78. The molecule has 0 aliphatic rings. The van der Waals surface area contributed by atoms with Crippen LogP contribution in [0.4, 0.5) is 5.69 Å². The summed E-state index contributed by atoms with van der Waals surface area (Å²) in [6.45, 7) is 1.93. The molecule has 4 nitrogen and oxygen atoms in total. The number of hydrogen-bond donors (Lipinski definition) is 1.